The zero-order chi connectivity index (χ0) is 16.2. The van der Waals surface area contributed by atoms with Crippen molar-refractivity contribution in [3.63, 3.8) is 0 Å². The van der Waals surface area contributed by atoms with E-state index in [-0.39, 0.29) is 23.6 Å². The van der Waals surface area contributed by atoms with Crippen LogP contribution in [0.1, 0.15) is 21.7 Å². The smallest absolute Gasteiger partial charge is 0.478 e. The molecule has 0 radical (unpaired) electrons. The molecule has 0 atom stereocenters. The van der Waals surface area contributed by atoms with Crippen LogP contribution in [0.4, 0.5) is 13.2 Å². The molecule has 0 amide bonds. The summed E-state index contributed by atoms with van der Waals surface area (Å²) >= 11 is 0. The number of carbonyl (C=O) groups is 1. The van der Waals surface area contributed by atoms with E-state index in [1.54, 1.807) is 0 Å². The van der Waals surface area contributed by atoms with Crippen molar-refractivity contribution >= 4 is 5.97 Å². The molecule has 0 aliphatic rings. The predicted octanol–water partition coefficient (Wildman–Crippen LogP) is 3.17. The van der Waals surface area contributed by atoms with Crippen molar-refractivity contribution in [2.45, 2.75) is 19.5 Å². The Hall–Kier alpha value is -2.48. The number of hydrogen-bond acceptors (Lipinski definition) is 4. The number of aromatic carboxylic acids is 1. The van der Waals surface area contributed by atoms with Crippen LogP contribution in [0.5, 0.6) is 5.75 Å². The summed E-state index contributed by atoms with van der Waals surface area (Å²) in [5.41, 5.74) is 0.791. The molecule has 118 valence electrons. The highest BCUT2D eigenvalue weighted by molar-refractivity contribution is 5.88. The highest BCUT2D eigenvalue weighted by Gasteiger charge is 2.30. The van der Waals surface area contributed by atoms with Crippen molar-refractivity contribution in [1.82, 2.24) is 5.32 Å². The fourth-order valence-electron chi connectivity index (χ4n) is 1.80. The van der Waals surface area contributed by atoms with Crippen LogP contribution in [-0.4, -0.2) is 17.4 Å². The molecule has 0 aliphatic carbocycles. The monoisotopic (exact) mass is 315 g/mol. The number of hydrogen-bond donors (Lipinski definition) is 2. The van der Waals surface area contributed by atoms with Gasteiger partial charge < -0.3 is 19.6 Å². The van der Waals surface area contributed by atoms with Gasteiger partial charge in [-0.2, -0.15) is 0 Å². The second kappa shape index (κ2) is 6.52. The van der Waals surface area contributed by atoms with Crippen molar-refractivity contribution < 1.29 is 32.2 Å². The number of benzene rings is 1. The summed E-state index contributed by atoms with van der Waals surface area (Å²) in [6, 6.07) is 6.73. The fraction of sp³-hybridized carbons (Fsp3) is 0.214. The maximum Gasteiger partial charge on any atom is 0.573 e. The van der Waals surface area contributed by atoms with E-state index in [1.807, 2.05) is 0 Å². The average molecular weight is 315 g/mol. The molecule has 1 aromatic carbocycles. The zero-order valence-corrected chi connectivity index (χ0v) is 11.2. The Morgan fingerprint density at radius 3 is 2.45 bits per heavy atom. The van der Waals surface area contributed by atoms with Gasteiger partial charge in [0, 0.05) is 6.54 Å². The number of alkyl halides is 3. The van der Waals surface area contributed by atoms with Crippen molar-refractivity contribution in [2.24, 2.45) is 0 Å². The first kappa shape index (κ1) is 15.9. The van der Waals surface area contributed by atoms with E-state index in [2.05, 4.69) is 10.1 Å². The number of furan rings is 1. The first-order valence-electron chi connectivity index (χ1n) is 6.20. The van der Waals surface area contributed by atoms with E-state index in [1.165, 1.54) is 36.6 Å². The molecule has 0 spiro atoms. The molecule has 0 saturated heterocycles. The van der Waals surface area contributed by atoms with Gasteiger partial charge in [0.25, 0.3) is 0 Å². The van der Waals surface area contributed by atoms with Gasteiger partial charge in [-0.3, -0.25) is 0 Å². The van der Waals surface area contributed by atoms with Crippen molar-refractivity contribution in [3.05, 3.63) is 53.5 Å². The van der Waals surface area contributed by atoms with Crippen LogP contribution in [0.2, 0.25) is 0 Å². The Balaban J connectivity index is 1.87. The minimum absolute atomic E-state index is 0.0708. The minimum atomic E-state index is -4.72. The molecular weight excluding hydrogens is 303 g/mol. The summed E-state index contributed by atoms with van der Waals surface area (Å²) in [4.78, 5) is 10.9. The quantitative estimate of drug-likeness (QED) is 0.857. The maximum atomic E-state index is 12.0. The lowest BCUT2D eigenvalue weighted by Gasteiger charge is -2.09. The van der Waals surface area contributed by atoms with E-state index in [0.717, 1.165) is 5.56 Å². The van der Waals surface area contributed by atoms with Gasteiger partial charge >= 0.3 is 12.3 Å². The lowest BCUT2D eigenvalue weighted by molar-refractivity contribution is -0.274. The van der Waals surface area contributed by atoms with Gasteiger partial charge in [-0.1, -0.05) is 12.1 Å². The number of ether oxygens (including phenoxy) is 1. The molecule has 2 rings (SSSR count). The topological polar surface area (TPSA) is 71.7 Å². The highest BCUT2D eigenvalue weighted by atomic mass is 19.4. The average Bonchev–Trinajstić information content (AvgIpc) is 2.88. The number of nitrogens with one attached hydrogen (secondary N) is 1. The standard InChI is InChI=1S/C14H12F3NO4/c15-14(16,17)22-10-3-1-9(2-4-10)7-18-8-12-11(13(19)20)5-6-21-12/h1-6,18H,7-8H2,(H,19,20). The largest absolute Gasteiger partial charge is 0.573 e. The molecule has 0 fully saturated rings. The summed E-state index contributed by atoms with van der Waals surface area (Å²) in [7, 11) is 0. The Morgan fingerprint density at radius 2 is 1.86 bits per heavy atom. The molecule has 8 heteroatoms. The predicted molar refractivity (Wildman–Crippen MR) is 69.3 cm³/mol. The fourth-order valence-corrected chi connectivity index (χ4v) is 1.80. The second-order valence-electron chi connectivity index (χ2n) is 4.36. The lowest BCUT2D eigenvalue weighted by atomic mass is 10.2. The molecule has 0 saturated carbocycles. The molecule has 2 N–H and O–H groups in total. The van der Waals surface area contributed by atoms with Gasteiger partial charge in [-0.15, -0.1) is 13.2 Å². The summed E-state index contributed by atoms with van der Waals surface area (Å²) in [5.74, 6) is -1.10. The lowest BCUT2D eigenvalue weighted by Crippen LogP contribution is -2.17. The third-order valence-corrected chi connectivity index (χ3v) is 2.75. The Morgan fingerprint density at radius 1 is 1.18 bits per heavy atom. The van der Waals surface area contributed by atoms with Gasteiger partial charge in [0.1, 0.15) is 17.1 Å². The molecule has 2 aromatic rings. The van der Waals surface area contributed by atoms with Crippen LogP contribution in [0.25, 0.3) is 0 Å². The van der Waals surface area contributed by atoms with E-state index >= 15 is 0 Å². The van der Waals surface area contributed by atoms with E-state index in [0.29, 0.717) is 6.54 Å². The Kier molecular flexibility index (Phi) is 4.71. The van der Waals surface area contributed by atoms with Gasteiger partial charge in [-0.25, -0.2) is 4.79 Å². The zero-order valence-electron chi connectivity index (χ0n) is 11.2. The number of carboxylic acid groups (broad SMARTS) is 1. The molecule has 1 aromatic heterocycles. The normalized spacial score (nSPS) is 11.4. The molecule has 0 unspecified atom stereocenters. The summed E-state index contributed by atoms with van der Waals surface area (Å²) in [6.45, 7) is 0.529. The maximum absolute atomic E-state index is 12.0. The Labute approximate surface area is 123 Å². The summed E-state index contributed by atoms with van der Waals surface area (Å²) in [6.07, 6.45) is -3.43. The second-order valence-corrected chi connectivity index (χ2v) is 4.36. The van der Waals surface area contributed by atoms with Crippen LogP contribution in [0, 0.1) is 0 Å². The minimum Gasteiger partial charge on any atom is -0.478 e. The first-order valence-corrected chi connectivity index (χ1v) is 6.20. The van der Waals surface area contributed by atoms with Gasteiger partial charge in [0.05, 0.1) is 12.8 Å². The number of rotatable bonds is 6. The molecule has 22 heavy (non-hydrogen) atoms. The highest BCUT2D eigenvalue weighted by Crippen LogP contribution is 2.22. The summed E-state index contributed by atoms with van der Waals surface area (Å²) in [5, 5.41) is 11.8. The molecular formula is C14H12F3NO4. The molecule has 1 heterocycles. The van der Waals surface area contributed by atoms with Crippen LogP contribution in [0.3, 0.4) is 0 Å². The third kappa shape index (κ3) is 4.52. The van der Waals surface area contributed by atoms with Gasteiger partial charge in [-0.05, 0) is 23.8 Å². The first-order chi connectivity index (χ1) is 10.3. The van der Waals surface area contributed by atoms with Gasteiger partial charge in [0.15, 0.2) is 0 Å². The molecule has 5 nitrogen and oxygen atoms in total. The van der Waals surface area contributed by atoms with Gasteiger partial charge in [0.2, 0.25) is 0 Å². The number of carboxylic acids is 1. The van der Waals surface area contributed by atoms with Crippen molar-refractivity contribution in [1.29, 1.82) is 0 Å². The number of halogens is 3. The Bertz CT molecular complexity index is 634. The van der Waals surface area contributed by atoms with Crippen molar-refractivity contribution in [2.75, 3.05) is 0 Å². The summed E-state index contributed by atoms with van der Waals surface area (Å²) < 4.78 is 44.8. The molecule has 0 aliphatic heterocycles. The third-order valence-electron chi connectivity index (χ3n) is 2.75. The van der Waals surface area contributed by atoms with Crippen LogP contribution >= 0.6 is 0 Å². The van der Waals surface area contributed by atoms with E-state index in [4.69, 9.17) is 9.52 Å². The van der Waals surface area contributed by atoms with Crippen LogP contribution < -0.4 is 10.1 Å². The van der Waals surface area contributed by atoms with Crippen LogP contribution in [0.15, 0.2) is 41.0 Å². The van der Waals surface area contributed by atoms with Crippen molar-refractivity contribution in [3.8, 4) is 5.75 Å². The van der Waals surface area contributed by atoms with Crippen LogP contribution in [-0.2, 0) is 13.1 Å². The SMILES string of the molecule is O=C(O)c1ccoc1CNCc1ccc(OC(F)(F)F)cc1. The molecule has 0 bridgehead atoms. The van der Waals surface area contributed by atoms with E-state index in [9.17, 15) is 18.0 Å². The van der Waals surface area contributed by atoms with E-state index < -0.39 is 12.3 Å².